The lowest BCUT2D eigenvalue weighted by atomic mass is 10.1. The number of rotatable bonds is 9. The van der Waals surface area contributed by atoms with Crippen LogP contribution in [0.4, 0.5) is 0 Å². The summed E-state index contributed by atoms with van der Waals surface area (Å²) >= 11 is 0. The lowest BCUT2D eigenvalue weighted by Crippen LogP contribution is -2.47. The van der Waals surface area contributed by atoms with Crippen molar-refractivity contribution in [3.63, 3.8) is 0 Å². The van der Waals surface area contributed by atoms with Crippen LogP contribution in [0.2, 0.25) is 0 Å². The molecular formula is C21H33IN6O2. The number of guanidine groups is 1. The smallest absolute Gasteiger partial charge is 0.191 e. The van der Waals surface area contributed by atoms with Gasteiger partial charge in [-0.3, -0.25) is 4.99 Å². The first-order valence-electron chi connectivity index (χ1n) is 10.4. The minimum absolute atomic E-state index is 0. The van der Waals surface area contributed by atoms with Gasteiger partial charge in [0.1, 0.15) is 12.2 Å². The van der Waals surface area contributed by atoms with Crippen molar-refractivity contribution in [2.75, 3.05) is 26.8 Å². The summed E-state index contributed by atoms with van der Waals surface area (Å²) in [7, 11) is 1.66. The molecule has 166 valence electrons. The van der Waals surface area contributed by atoms with Crippen LogP contribution in [0.15, 0.2) is 29.5 Å². The first-order chi connectivity index (χ1) is 14.2. The molecule has 8 nitrogen and oxygen atoms in total. The molecule has 3 rings (SSSR count). The van der Waals surface area contributed by atoms with E-state index in [9.17, 15) is 0 Å². The molecule has 0 fully saturated rings. The van der Waals surface area contributed by atoms with Crippen LogP contribution in [0.3, 0.4) is 0 Å². The van der Waals surface area contributed by atoms with Gasteiger partial charge in [0.05, 0.1) is 20.3 Å². The number of ether oxygens (including phenoxy) is 2. The highest BCUT2D eigenvalue weighted by Crippen LogP contribution is 2.28. The summed E-state index contributed by atoms with van der Waals surface area (Å²) in [6.45, 7) is 7.10. The van der Waals surface area contributed by atoms with Crippen molar-refractivity contribution in [2.24, 2.45) is 4.99 Å². The number of fused-ring (bicyclic) bond motifs is 1. The molecule has 1 aliphatic heterocycles. The van der Waals surface area contributed by atoms with E-state index < -0.39 is 0 Å². The zero-order chi connectivity index (χ0) is 20.5. The molecule has 0 radical (unpaired) electrons. The molecule has 2 heterocycles. The molecule has 1 aliphatic rings. The number of benzene rings is 1. The van der Waals surface area contributed by atoms with E-state index in [2.05, 4.69) is 39.8 Å². The summed E-state index contributed by atoms with van der Waals surface area (Å²) in [6.07, 6.45) is 5.52. The van der Waals surface area contributed by atoms with E-state index in [4.69, 9.17) is 14.5 Å². The van der Waals surface area contributed by atoms with Gasteiger partial charge in [-0.2, -0.15) is 5.10 Å². The molecule has 0 amide bonds. The van der Waals surface area contributed by atoms with Crippen molar-refractivity contribution in [3.05, 3.63) is 35.9 Å². The normalized spacial score (nSPS) is 15.7. The summed E-state index contributed by atoms with van der Waals surface area (Å²) < 4.78 is 13.0. The number of halogens is 1. The third-order valence-electron chi connectivity index (χ3n) is 4.91. The van der Waals surface area contributed by atoms with E-state index in [0.29, 0.717) is 12.6 Å². The zero-order valence-corrected chi connectivity index (χ0v) is 20.4. The lowest BCUT2D eigenvalue weighted by Gasteiger charge is -2.25. The van der Waals surface area contributed by atoms with Crippen molar-refractivity contribution in [3.8, 4) is 11.5 Å². The van der Waals surface area contributed by atoms with Crippen molar-refractivity contribution in [1.82, 2.24) is 25.4 Å². The van der Waals surface area contributed by atoms with Crippen LogP contribution in [-0.2, 0) is 19.4 Å². The topological polar surface area (TPSA) is 85.6 Å². The van der Waals surface area contributed by atoms with Gasteiger partial charge in [-0.15, -0.1) is 24.0 Å². The molecule has 0 aliphatic carbocycles. The number of hydrogen-bond acceptors (Lipinski definition) is 5. The van der Waals surface area contributed by atoms with Gasteiger partial charge >= 0.3 is 0 Å². The summed E-state index contributed by atoms with van der Waals surface area (Å²) in [5, 5.41) is 11.2. The number of nitrogens with zero attached hydrogens (tertiary/aromatic N) is 4. The predicted molar refractivity (Wildman–Crippen MR) is 129 cm³/mol. The van der Waals surface area contributed by atoms with Crippen molar-refractivity contribution in [1.29, 1.82) is 0 Å². The largest absolute Gasteiger partial charge is 0.493 e. The Bertz CT molecular complexity index is 811. The van der Waals surface area contributed by atoms with Crippen LogP contribution in [0.5, 0.6) is 11.5 Å². The quantitative estimate of drug-likeness (QED) is 0.226. The van der Waals surface area contributed by atoms with E-state index in [1.54, 1.807) is 13.4 Å². The third-order valence-corrected chi connectivity index (χ3v) is 4.91. The second kappa shape index (κ2) is 12.6. The maximum Gasteiger partial charge on any atom is 0.191 e. The molecule has 0 saturated carbocycles. The minimum Gasteiger partial charge on any atom is -0.493 e. The number of hydrogen-bond donors (Lipinski definition) is 2. The standard InChI is InChI=1S/C21H32N6O2.HI/c1-4-22-21(26-17-9-11-20-24-15-25-27(20)14-17)23-12-6-7-16-8-10-18(28-3)19(13-16)29-5-2;/h8,10,13,15,17H,4-7,9,11-12,14H2,1-3H3,(H2,22,23,26);1H. The van der Waals surface area contributed by atoms with Crippen LogP contribution >= 0.6 is 24.0 Å². The third kappa shape index (κ3) is 6.75. The highest BCUT2D eigenvalue weighted by Gasteiger charge is 2.20. The van der Waals surface area contributed by atoms with Crippen LogP contribution in [-0.4, -0.2) is 53.6 Å². The number of methoxy groups -OCH3 is 1. The highest BCUT2D eigenvalue weighted by molar-refractivity contribution is 14.0. The van der Waals surface area contributed by atoms with E-state index in [1.807, 2.05) is 17.7 Å². The number of aliphatic imine (C=N–C) groups is 1. The average molecular weight is 528 g/mol. The summed E-state index contributed by atoms with van der Waals surface area (Å²) in [5.74, 6) is 3.51. The van der Waals surface area contributed by atoms with E-state index in [0.717, 1.165) is 68.6 Å². The second-order valence-corrected chi connectivity index (χ2v) is 7.02. The van der Waals surface area contributed by atoms with Gasteiger partial charge in [-0.25, -0.2) is 9.67 Å². The van der Waals surface area contributed by atoms with Crippen molar-refractivity contribution >= 4 is 29.9 Å². The van der Waals surface area contributed by atoms with Gasteiger partial charge in [-0.05, 0) is 50.8 Å². The Kier molecular flexibility index (Phi) is 10.2. The molecule has 30 heavy (non-hydrogen) atoms. The van der Waals surface area contributed by atoms with Crippen LogP contribution in [0.25, 0.3) is 0 Å². The highest BCUT2D eigenvalue weighted by atomic mass is 127. The van der Waals surface area contributed by atoms with Gasteiger partial charge in [0.2, 0.25) is 0 Å². The first kappa shape index (κ1) is 24.2. The Hall–Kier alpha value is -2.04. The Morgan fingerprint density at radius 2 is 2.17 bits per heavy atom. The number of aromatic nitrogens is 3. The Labute approximate surface area is 195 Å². The summed E-state index contributed by atoms with van der Waals surface area (Å²) in [5.41, 5.74) is 1.23. The van der Waals surface area contributed by atoms with Crippen LogP contribution in [0.1, 0.15) is 38.1 Å². The molecule has 1 aromatic carbocycles. The van der Waals surface area contributed by atoms with Gasteiger partial charge in [0.25, 0.3) is 0 Å². The van der Waals surface area contributed by atoms with Gasteiger partial charge < -0.3 is 20.1 Å². The van der Waals surface area contributed by atoms with E-state index >= 15 is 0 Å². The zero-order valence-electron chi connectivity index (χ0n) is 18.1. The Morgan fingerprint density at radius 1 is 1.30 bits per heavy atom. The molecular weight excluding hydrogens is 495 g/mol. The molecule has 1 aromatic heterocycles. The molecule has 0 spiro atoms. The molecule has 9 heteroatoms. The number of nitrogens with one attached hydrogen (secondary N) is 2. The fraction of sp³-hybridized carbons (Fsp3) is 0.571. The van der Waals surface area contributed by atoms with Crippen LogP contribution < -0.4 is 20.1 Å². The van der Waals surface area contributed by atoms with Gasteiger partial charge in [-0.1, -0.05) is 6.07 Å². The molecule has 2 N–H and O–H groups in total. The lowest BCUT2D eigenvalue weighted by molar-refractivity contribution is 0.310. The molecule has 2 aromatic rings. The first-order valence-corrected chi connectivity index (χ1v) is 10.4. The second-order valence-electron chi connectivity index (χ2n) is 7.02. The van der Waals surface area contributed by atoms with Gasteiger partial charge in [0, 0.05) is 25.6 Å². The van der Waals surface area contributed by atoms with Crippen molar-refractivity contribution in [2.45, 2.75) is 52.1 Å². The summed E-state index contributed by atoms with van der Waals surface area (Å²) in [6, 6.07) is 6.44. The predicted octanol–water partition coefficient (Wildman–Crippen LogP) is 2.81. The van der Waals surface area contributed by atoms with Crippen molar-refractivity contribution < 1.29 is 9.47 Å². The van der Waals surface area contributed by atoms with Gasteiger partial charge in [0.15, 0.2) is 17.5 Å². The maximum absolute atomic E-state index is 5.66. The van der Waals surface area contributed by atoms with Crippen LogP contribution in [0, 0.1) is 0 Å². The fourth-order valence-electron chi connectivity index (χ4n) is 3.49. The van der Waals surface area contributed by atoms with E-state index in [1.165, 1.54) is 5.56 Å². The molecule has 1 atom stereocenters. The summed E-state index contributed by atoms with van der Waals surface area (Å²) in [4.78, 5) is 9.04. The van der Waals surface area contributed by atoms with E-state index in [-0.39, 0.29) is 24.0 Å². The SMILES string of the molecule is CCNC(=NCCCc1ccc(OC)c(OCC)c1)NC1CCc2ncnn2C1.I. The molecule has 0 saturated heterocycles. The average Bonchev–Trinajstić information content (AvgIpc) is 3.19. The maximum atomic E-state index is 5.66. The Balaban J connectivity index is 0.00000320. The monoisotopic (exact) mass is 528 g/mol. The Morgan fingerprint density at radius 3 is 2.93 bits per heavy atom. The number of aryl methyl sites for hydroxylation is 2. The molecule has 0 bridgehead atoms. The minimum atomic E-state index is 0. The molecule has 1 unspecified atom stereocenters. The fourth-order valence-corrected chi connectivity index (χ4v) is 3.49.